The minimum atomic E-state index is 0.420. The third-order valence-electron chi connectivity index (χ3n) is 4.15. The molecule has 0 bridgehead atoms. The van der Waals surface area contributed by atoms with Gasteiger partial charge in [0.1, 0.15) is 5.75 Å². The van der Waals surface area contributed by atoms with Gasteiger partial charge in [0, 0.05) is 19.6 Å². The second kappa shape index (κ2) is 6.10. The fourth-order valence-electron chi connectivity index (χ4n) is 3.11. The Morgan fingerprint density at radius 1 is 1.33 bits per heavy atom. The molecule has 0 saturated heterocycles. The molecule has 100 valence electrons. The molecule has 1 aromatic carbocycles. The molecule has 18 heavy (non-hydrogen) atoms. The van der Waals surface area contributed by atoms with Crippen molar-refractivity contribution in [3.05, 3.63) is 24.3 Å². The number of benzene rings is 1. The van der Waals surface area contributed by atoms with Crippen molar-refractivity contribution in [3.8, 4) is 5.75 Å². The highest BCUT2D eigenvalue weighted by atomic mass is 16.5. The van der Waals surface area contributed by atoms with Gasteiger partial charge in [-0.2, -0.15) is 0 Å². The first-order valence-electron chi connectivity index (χ1n) is 6.84. The summed E-state index contributed by atoms with van der Waals surface area (Å²) in [6, 6.07) is 8.59. The largest absolute Gasteiger partial charge is 0.495 e. The number of para-hydroxylation sites is 2. The van der Waals surface area contributed by atoms with E-state index >= 15 is 0 Å². The molecule has 3 nitrogen and oxygen atoms in total. The van der Waals surface area contributed by atoms with Gasteiger partial charge in [-0.25, -0.2) is 0 Å². The van der Waals surface area contributed by atoms with Gasteiger partial charge in [0.05, 0.1) is 12.8 Å². The van der Waals surface area contributed by atoms with Crippen molar-refractivity contribution < 1.29 is 4.74 Å². The van der Waals surface area contributed by atoms with Crippen LogP contribution in [0.5, 0.6) is 5.75 Å². The summed E-state index contributed by atoms with van der Waals surface area (Å²) in [5, 5.41) is 0. The molecular formula is C15H24N2O. The Hall–Kier alpha value is -1.22. The second-order valence-corrected chi connectivity index (χ2v) is 5.13. The number of hydrogen-bond acceptors (Lipinski definition) is 3. The predicted octanol–water partition coefficient (Wildman–Crippen LogP) is 2.65. The Bertz CT molecular complexity index is 375. The monoisotopic (exact) mass is 248 g/mol. The zero-order chi connectivity index (χ0) is 13.0. The number of methoxy groups -OCH3 is 1. The zero-order valence-corrected chi connectivity index (χ0v) is 11.4. The van der Waals surface area contributed by atoms with E-state index in [0.717, 1.165) is 17.4 Å². The van der Waals surface area contributed by atoms with Crippen molar-refractivity contribution >= 4 is 5.69 Å². The van der Waals surface area contributed by atoms with E-state index in [1.54, 1.807) is 7.11 Å². The van der Waals surface area contributed by atoms with Crippen molar-refractivity contribution in [1.82, 2.24) is 0 Å². The summed E-state index contributed by atoms with van der Waals surface area (Å²) >= 11 is 0. The Labute approximate surface area is 110 Å². The van der Waals surface area contributed by atoms with Crippen molar-refractivity contribution in [2.24, 2.45) is 11.7 Å². The van der Waals surface area contributed by atoms with Crippen molar-refractivity contribution in [3.63, 3.8) is 0 Å². The molecule has 2 rings (SSSR count). The molecule has 0 aliphatic heterocycles. The Balaban J connectivity index is 2.19. The van der Waals surface area contributed by atoms with Gasteiger partial charge < -0.3 is 15.4 Å². The molecule has 0 spiro atoms. The quantitative estimate of drug-likeness (QED) is 0.870. The number of likely N-dealkylation sites (N-methyl/N-ethyl adjacent to an activating group) is 1. The first kappa shape index (κ1) is 13.2. The van der Waals surface area contributed by atoms with Gasteiger partial charge in [-0.15, -0.1) is 0 Å². The summed E-state index contributed by atoms with van der Waals surface area (Å²) in [6.07, 6.45) is 5.31. The molecule has 0 aromatic heterocycles. The maximum atomic E-state index is 6.00. The van der Waals surface area contributed by atoms with Crippen LogP contribution in [0.25, 0.3) is 0 Å². The average molecular weight is 248 g/mol. The summed E-state index contributed by atoms with van der Waals surface area (Å²) in [6.45, 7) is 0.708. The number of hydrogen-bond donors (Lipinski definition) is 1. The first-order valence-corrected chi connectivity index (χ1v) is 6.84. The van der Waals surface area contributed by atoms with Gasteiger partial charge in [0.15, 0.2) is 0 Å². The van der Waals surface area contributed by atoms with Crippen molar-refractivity contribution in [2.75, 3.05) is 25.6 Å². The highest BCUT2D eigenvalue weighted by molar-refractivity contribution is 5.58. The van der Waals surface area contributed by atoms with Crippen LogP contribution in [0, 0.1) is 5.92 Å². The molecule has 0 heterocycles. The predicted molar refractivity (Wildman–Crippen MR) is 76.2 cm³/mol. The highest BCUT2D eigenvalue weighted by Crippen LogP contribution is 2.34. The maximum Gasteiger partial charge on any atom is 0.142 e. The fraction of sp³-hybridized carbons (Fsp3) is 0.600. The van der Waals surface area contributed by atoms with Crippen molar-refractivity contribution in [1.29, 1.82) is 0 Å². The minimum absolute atomic E-state index is 0.420. The fourth-order valence-corrected chi connectivity index (χ4v) is 3.11. The molecule has 1 aliphatic rings. The molecule has 1 unspecified atom stereocenters. The number of ether oxygens (including phenoxy) is 1. The van der Waals surface area contributed by atoms with E-state index in [2.05, 4.69) is 24.1 Å². The van der Waals surface area contributed by atoms with Gasteiger partial charge in [-0.05, 0) is 30.9 Å². The van der Waals surface area contributed by atoms with Crippen molar-refractivity contribution in [2.45, 2.75) is 31.7 Å². The normalized spacial score (nSPS) is 17.7. The molecule has 1 saturated carbocycles. The molecule has 0 amide bonds. The van der Waals surface area contributed by atoms with Crippen LogP contribution in [0.15, 0.2) is 24.3 Å². The summed E-state index contributed by atoms with van der Waals surface area (Å²) in [7, 11) is 3.85. The first-order chi connectivity index (χ1) is 8.77. The Morgan fingerprint density at radius 3 is 2.61 bits per heavy atom. The lowest BCUT2D eigenvalue weighted by molar-refractivity contribution is 0.399. The number of anilines is 1. The molecule has 2 N–H and O–H groups in total. The lowest BCUT2D eigenvalue weighted by Gasteiger charge is -2.34. The molecule has 0 radical (unpaired) electrons. The summed E-state index contributed by atoms with van der Waals surface area (Å²) in [4.78, 5) is 2.30. The van der Waals surface area contributed by atoms with E-state index in [1.165, 1.54) is 25.7 Å². The minimum Gasteiger partial charge on any atom is -0.495 e. The van der Waals surface area contributed by atoms with Crippen LogP contribution < -0.4 is 15.4 Å². The van der Waals surface area contributed by atoms with Crippen LogP contribution in [0.3, 0.4) is 0 Å². The van der Waals surface area contributed by atoms with E-state index in [-0.39, 0.29) is 0 Å². The summed E-state index contributed by atoms with van der Waals surface area (Å²) in [5.74, 6) is 1.65. The lowest BCUT2D eigenvalue weighted by atomic mass is 9.96. The smallest absolute Gasteiger partial charge is 0.142 e. The van der Waals surface area contributed by atoms with E-state index in [0.29, 0.717) is 12.6 Å². The van der Waals surface area contributed by atoms with Crippen LogP contribution in [0.2, 0.25) is 0 Å². The summed E-state index contributed by atoms with van der Waals surface area (Å²) < 4.78 is 5.44. The molecule has 3 heteroatoms. The number of rotatable bonds is 5. The Morgan fingerprint density at radius 2 is 2.00 bits per heavy atom. The molecule has 1 fully saturated rings. The summed E-state index contributed by atoms with van der Waals surface area (Å²) in [5.41, 5.74) is 7.14. The van der Waals surface area contributed by atoms with Gasteiger partial charge in [-0.1, -0.05) is 25.0 Å². The van der Waals surface area contributed by atoms with Crippen LogP contribution in [0.1, 0.15) is 25.7 Å². The van der Waals surface area contributed by atoms with Gasteiger partial charge in [0.2, 0.25) is 0 Å². The highest BCUT2D eigenvalue weighted by Gasteiger charge is 2.28. The third kappa shape index (κ3) is 2.61. The zero-order valence-electron chi connectivity index (χ0n) is 11.4. The van der Waals surface area contributed by atoms with Crippen LogP contribution in [-0.2, 0) is 0 Å². The second-order valence-electron chi connectivity index (χ2n) is 5.13. The lowest BCUT2D eigenvalue weighted by Crippen LogP contribution is -2.43. The molecule has 1 aliphatic carbocycles. The number of nitrogens with two attached hydrogens (primary N) is 1. The molecular weight excluding hydrogens is 224 g/mol. The van der Waals surface area contributed by atoms with Gasteiger partial charge in [0.25, 0.3) is 0 Å². The van der Waals surface area contributed by atoms with E-state index in [9.17, 15) is 0 Å². The van der Waals surface area contributed by atoms with Crippen LogP contribution in [0.4, 0.5) is 5.69 Å². The van der Waals surface area contributed by atoms with Crippen LogP contribution >= 0.6 is 0 Å². The number of nitrogens with zero attached hydrogens (tertiary/aromatic N) is 1. The van der Waals surface area contributed by atoms with Crippen LogP contribution in [-0.4, -0.2) is 26.7 Å². The van der Waals surface area contributed by atoms with Gasteiger partial charge in [-0.3, -0.25) is 0 Å². The van der Waals surface area contributed by atoms with E-state index in [4.69, 9.17) is 10.5 Å². The standard InChI is InChI=1S/C15H24N2O/c1-17(13-9-5-6-10-15(13)18-2)14(11-16)12-7-3-4-8-12/h5-6,9-10,12,14H,3-4,7-8,11,16H2,1-2H3. The molecule has 1 atom stereocenters. The average Bonchev–Trinajstić information content (AvgIpc) is 2.93. The Kier molecular flexibility index (Phi) is 4.48. The van der Waals surface area contributed by atoms with E-state index < -0.39 is 0 Å². The SMILES string of the molecule is COc1ccccc1N(C)C(CN)C1CCCC1. The van der Waals surface area contributed by atoms with Gasteiger partial charge >= 0.3 is 0 Å². The topological polar surface area (TPSA) is 38.5 Å². The molecule has 1 aromatic rings. The van der Waals surface area contributed by atoms with E-state index in [1.807, 2.05) is 12.1 Å². The maximum absolute atomic E-state index is 6.00. The third-order valence-corrected chi connectivity index (χ3v) is 4.15.